The van der Waals surface area contributed by atoms with E-state index in [1.165, 1.54) is 11.3 Å². The first-order chi connectivity index (χ1) is 7.57. The Bertz CT molecular complexity index is 513. The van der Waals surface area contributed by atoms with Gasteiger partial charge in [0.15, 0.2) is 16.9 Å². The van der Waals surface area contributed by atoms with Crippen molar-refractivity contribution in [3.05, 3.63) is 17.3 Å². The molecule has 2 aromatic heterocycles. The molecule has 0 unspecified atom stereocenters. The van der Waals surface area contributed by atoms with E-state index in [2.05, 4.69) is 4.98 Å². The molecule has 16 heavy (non-hydrogen) atoms. The van der Waals surface area contributed by atoms with E-state index in [-0.39, 0.29) is 5.60 Å². The van der Waals surface area contributed by atoms with Crippen LogP contribution in [0, 0.1) is 0 Å². The normalized spacial score (nSPS) is 11.9. The lowest BCUT2D eigenvalue weighted by Gasteiger charge is -2.23. The van der Waals surface area contributed by atoms with Crippen molar-refractivity contribution in [3.63, 3.8) is 0 Å². The van der Waals surface area contributed by atoms with Crippen LogP contribution in [0.15, 0.2) is 11.6 Å². The number of carbonyl (C=O) groups excluding carboxylic acids is 1. The first-order valence-electron chi connectivity index (χ1n) is 5.17. The highest BCUT2D eigenvalue weighted by Gasteiger charge is 2.22. The van der Waals surface area contributed by atoms with Gasteiger partial charge < -0.3 is 4.74 Å². The molecule has 0 radical (unpaired) electrons. The number of aldehydes is 1. The van der Waals surface area contributed by atoms with Crippen LogP contribution >= 0.6 is 11.3 Å². The van der Waals surface area contributed by atoms with Gasteiger partial charge in [-0.25, -0.2) is 0 Å². The maximum absolute atomic E-state index is 11.0. The van der Waals surface area contributed by atoms with E-state index in [9.17, 15) is 4.79 Å². The summed E-state index contributed by atoms with van der Waals surface area (Å²) >= 11 is 1.48. The Kier molecular flexibility index (Phi) is 2.71. The largest absolute Gasteiger partial charge is 0.470 e. The molecule has 0 atom stereocenters. The maximum Gasteiger partial charge on any atom is 0.245 e. The molecule has 0 bridgehead atoms. The van der Waals surface area contributed by atoms with Crippen LogP contribution in [0.25, 0.3) is 4.96 Å². The Labute approximate surface area is 97.9 Å². The lowest BCUT2D eigenvalue weighted by Crippen LogP contribution is -2.27. The topological polar surface area (TPSA) is 43.6 Å². The van der Waals surface area contributed by atoms with Gasteiger partial charge in [0.2, 0.25) is 5.88 Å². The zero-order valence-corrected chi connectivity index (χ0v) is 10.4. The van der Waals surface area contributed by atoms with Gasteiger partial charge in [0.25, 0.3) is 0 Å². The first-order valence-corrected chi connectivity index (χ1v) is 6.05. The minimum atomic E-state index is -0.304. The average Bonchev–Trinajstić information content (AvgIpc) is 2.77. The van der Waals surface area contributed by atoms with Crippen LogP contribution in [-0.4, -0.2) is 21.3 Å². The van der Waals surface area contributed by atoms with Crippen molar-refractivity contribution >= 4 is 22.6 Å². The summed E-state index contributed by atoms with van der Waals surface area (Å²) in [6.07, 6.45) is 3.47. The molecule has 0 aromatic carbocycles. The molecule has 4 nitrogen and oxygen atoms in total. The zero-order valence-electron chi connectivity index (χ0n) is 9.56. The number of ether oxygens (including phenoxy) is 1. The number of fused-ring (bicyclic) bond motifs is 1. The molecule has 86 valence electrons. The van der Waals surface area contributed by atoms with Gasteiger partial charge in [0, 0.05) is 11.6 Å². The standard InChI is InChI=1S/C11H14N2O2S/c1-4-11(2,3)15-9-8(7-14)13-5-6-16-10(13)12-9/h5-7H,4H2,1-3H3. The molecule has 0 aliphatic carbocycles. The number of aromatic nitrogens is 2. The van der Waals surface area contributed by atoms with Crippen LogP contribution in [0.1, 0.15) is 37.7 Å². The molecule has 2 rings (SSSR count). The average molecular weight is 238 g/mol. The molecule has 0 amide bonds. The van der Waals surface area contributed by atoms with E-state index in [0.29, 0.717) is 11.6 Å². The number of nitrogens with zero attached hydrogens (tertiary/aromatic N) is 2. The van der Waals surface area contributed by atoms with Gasteiger partial charge in [-0.1, -0.05) is 6.92 Å². The molecule has 2 aromatic rings. The predicted octanol–water partition coefficient (Wildman–Crippen LogP) is 2.78. The van der Waals surface area contributed by atoms with Crippen molar-refractivity contribution in [1.29, 1.82) is 0 Å². The Hall–Kier alpha value is -1.36. The second-order valence-electron chi connectivity index (χ2n) is 4.19. The van der Waals surface area contributed by atoms with Gasteiger partial charge in [0.05, 0.1) is 0 Å². The highest BCUT2D eigenvalue weighted by Crippen LogP contribution is 2.26. The number of imidazole rings is 1. The summed E-state index contributed by atoms with van der Waals surface area (Å²) in [5, 5.41) is 1.89. The van der Waals surface area contributed by atoms with Gasteiger partial charge in [-0.2, -0.15) is 4.98 Å². The summed E-state index contributed by atoms with van der Waals surface area (Å²) in [6.45, 7) is 6.00. The fraction of sp³-hybridized carbons (Fsp3) is 0.455. The molecule has 0 saturated heterocycles. The minimum absolute atomic E-state index is 0.304. The quantitative estimate of drug-likeness (QED) is 0.769. The van der Waals surface area contributed by atoms with Gasteiger partial charge in [-0.3, -0.25) is 9.20 Å². The van der Waals surface area contributed by atoms with Crippen LogP contribution in [0.4, 0.5) is 0 Å². The molecular weight excluding hydrogens is 224 g/mol. The van der Waals surface area contributed by atoms with Crippen molar-refractivity contribution < 1.29 is 9.53 Å². The summed E-state index contributed by atoms with van der Waals surface area (Å²) in [5.74, 6) is 0.425. The monoisotopic (exact) mass is 238 g/mol. The van der Waals surface area contributed by atoms with Gasteiger partial charge >= 0.3 is 0 Å². The van der Waals surface area contributed by atoms with Crippen molar-refractivity contribution in [2.24, 2.45) is 0 Å². The molecule has 0 spiro atoms. The number of hydrogen-bond acceptors (Lipinski definition) is 4. The van der Waals surface area contributed by atoms with E-state index >= 15 is 0 Å². The van der Waals surface area contributed by atoms with Crippen LogP contribution in [0.5, 0.6) is 5.88 Å². The third-order valence-electron chi connectivity index (χ3n) is 2.60. The second-order valence-corrected chi connectivity index (χ2v) is 5.06. The second kappa shape index (κ2) is 3.90. The number of thiazole rings is 1. The predicted molar refractivity (Wildman–Crippen MR) is 63.5 cm³/mol. The van der Waals surface area contributed by atoms with Crippen LogP contribution < -0.4 is 4.74 Å². The lowest BCUT2D eigenvalue weighted by molar-refractivity contribution is 0.0956. The highest BCUT2D eigenvalue weighted by molar-refractivity contribution is 7.15. The van der Waals surface area contributed by atoms with Crippen molar-refractivity contribution in [2.75, 3.05) is 0 Å². The van der Waals surface area contributed by atoms with Crippen LogP contribution in [0.3, 0.4) is 0 Å². The van der Waals surface area contributed by atoms with Crippen LogP contribution in [0.2, 0.25) is 0 Å². The van der Waals surface area contributed by atoms with E-state index in [0.717, 1.165) is 17.7 Å². The molecule has 5 heteroatoms. The Balaban J connectivity index is 2.44. The molecule has 2 heterocycles. The molecule has 0 aliphatic rings. The van der Waals surface area contributed by atoms with E-state index in [4.69, 9.17) is 4.74 Å². The van der Waals surface area contributed by atoms with E-state index < -0.39 is 0 Å². The van der Waals surface area contributed by atoms with E-state index in [1.807, 2.05) is 32.3 Å². The maximum atomic E-state index is 11.0. The molecular formula is C11H14N2O2S. The van der Waals surface area contributed by atoms with Crippen molar-refractivity contribution in [3.8, 4) is 5.88 Å². The highest BCUT2D eigenvalue weighted by atomic mass is 32.1. The summed E-state index contributed by atoms with van der Waals surface area (Å²) in [7, 11) is 0. The fourth-order valence-corrected chi connectivity index (χ4v) is 2.01. The molecule has 0 aliphatic heterocycles. The molecule has 0 fully saturated rings. The first kappa shape index (κ1) is 11.1. The van der Waals surface area contributed by atoms with Crippen LogP contribution in [-0.2, 0) is 0 Å². The fourth-order valence-electron chi connectivity index (χ4n) is 1.30. The van der Waals surface area contributed by atoms with Gasteiger partial charge in [-0.05, 0) is 20.3 Å². The number of carbonyl (C=O) groups is 1. The third-order valence-corrected chi connectivity index (χ3v) is 3.36. The SMILES string of the molecule is CCC(C)(C)Oc1nc2sccn2c1C=O. The zero-order chi connectivity index (χ0) is 11.8. The summed E-state index contributed by atoms with van der Waals surface area (Å²) < 4.78 is 7.51. The smallest absolute Gasteiger partial charge is 0.245 e. The lowest BCUT2D eigenvalue weighted by atomic mass is 10.1. The van der Waals surface area contributed by atoms with Crippen molar-refractivity contribution in [2.45, 2.75) is 32.8 Å². The van der Waals surface area contributed by atoms with E-state index in [1.54, 1.807) is 4.40 Å². The Morgan fingerprint density at radius 2 is 2.38 bits per heavy atom. The van der Waals surface area contributed by atoms with Gasteiger partial charge in [-0.15, -0.1) is 11.3 Å². The molecule has 0 N–H and O–H groups in total. The molecule has 0 saturated carbocycles. The third kappa shape index (κ3) is 1.82. The van der Waals surface area contributed by atoms with Gasteiger partial charge in [0.1, 0.15) is 5.60 Å². The Morgan fingerprint density at radius 3 is 3.00 bits per heavy atom. The summed E-state index contributed by atoms with van der Waals surface area (Å²) in [4.78, 5) is 16.1. The number of rotatable bonds is 4. The number of hydrogen-bond donors (Lipinski definition) is 0. The summed E-state index contributed by atoms with van der Waals surface area (Å²) in [6, 6.07) is 0. The minimum Gasteiger partial charge on any atom is -0.470 e. The van der Waals surface area contributed by atoms with Crippen molar-refractivity contribution in [1.82, 2.24) is 9.38 Å². The summed E-state index contributed by atoms with van der Waals surface area (Å²) in [5.41, 5.74) is 0.180. The Morgan fingerprint density at radius 1 is 1.62 bits per heavy atom.